The van der Waals surface area contributed by atoms with Crippen molar-refractivity contribution in [3.05, 3.63) is 111 Å². The molecule has 0 atom stereocenters. The molecule has 0 spiro atoms. The van der Waals surface area contributed by atoms with Crippen molar-refractivity contribution in [2.24, 2.45) is 0 Å². The Morgan fingerprint density at radius 3 is 0.982 bits per heavy atom. The molecule has 310 valence electrons. The van der Waals surface area contributed by atoms with Gasteiger partial charge in [0.05, 0.1) is 0 Å². The largest absolute Gasteiger partial charge is 0.493 e. The minimum absolute atomic E-state index is 0. The molecule has 0 unspecified atom stereocenters. The molecule has 0 bridgehead atoms. The molecule has 2 nitrogen and oxygen atoms in total. The molecule has 0 radical (unpaired) electrons. The third-order valence-electron chi connectivity index (χ3n) is 10.8. The van der Waals surface area contributed by atoms with Crippen LogP contribution in [-0.2, 0) is 16.5 Å². The maximum atomic E-state index is 12.7. The van der Waals surface area contributed by atoms with Gasteiger partial charge in [-0.2, -0.15) is 0 Å². The van der Waals surface area contributed by atoms with Crippen molar-refractivity contribution in [3.8, 4) is 0 Å². The minimum atomic E-state index is 0. The van der Waals surface area contributed by atoms with Gasteiger partial charge >= 0.3 is 0 Å². The fourth-order valence-corrected chi connectivity index (χ4v) is 7.63. The zero-order chi connectivity index (χ0) is 39.5. The molecule has 0 saturated carbocycles. The number of hydrogen-bond donors (Lipinski definition) is 0. The summed E-state index contributed by atoms with van der Waals surface area (Å²) >= 11 is 0. The Kier molecular flexibility index (Phi) is 26.4. The second-order valence-corrected chi connectivity index (χ2v) is 15.9. The van der Waals surface area contributed by atoms with Gasteiger partial charge in [0.25, 0.3) is 0 Å². The second kappa shape index (κ2) is 30.1. The summed E-state index contributed by atoms with van der Waals surface area (Å²) in [6.45, 7) is 13.6. The molecule has 0 N–H and O–H groups in total. The van der Waals surface area contributed by atoms with Crippen LogP contribution >= 0.6 is 0 Å². The predicted octanol–water partition coefficient (Wildman–Crippen LogP) is 18.0. The van der Waals surface area contributed by atoms with E-state index >= 15 is 0 Å². The van der Waals surface area contributed by atoms with Gasteiger partial charge in [-0.05, 0) is 136 Å². The van der Waals surface area contributed by atoms with Crippen LogP contribution in [0.1, 0.15) is 223 Å². The van der Waals surface area contributed by atoms with Crippen molar-refractivity contribution < 1.29 is 21.2 Å². The summed E-state index contributed by atoms with van der Waals surface area (Å²) in [5.74, 6) is 0. The van der Waals surface area contributed by atoms with E-state index in [9.17, 15) is 5.53 Å². The van der Waals surface area contributed by atoms with Crippen LogP contribution in [0.25, 0.3) is 41.2 Å². The van der Waals surface area contributed by atoms with E-state index in [-0.39, 0.29) is 16.5 Å². The van der Waals surface area contributed by atoms with Crippen LogP contribution in [-0.4, -0.2) is 4.70 Å². The second-order valence-electron chi connectivity index (χ2n) is 15.9. The van der Waals surface area contributed by atoms with E-state index in [1.165, 1.54) is 123 Å². The fraction of sp³-hybridized carbons (Fsp3) is 0.547. The van der Waals surface area contributed by atoms with Crippen molar-refractivity contribution in [3.63, 3.8) is 0 Å². The average Bonchev–Trinajstić information content (AvgIpc) is 3.46. The summed E-state index contributed by atoms with van der Waals surface area (Å²) in [6.07, 6.45) is 45.6. The summed E-state index contributed by atoms with van der Waals surface area (Å²) in [5.41, 5.74) is 24.4. The van der Waals surface area contributed by atoms with Gasteiger partial charge in [0, 0.05) is 38.8 Å². The number of rotatable bonds is 29. The van der Waals surface area contributed by atoms with E-state index in [0.717, 1.165) is 80.3 Å². The zero-order valence-corrected chi connectivity index (χ0v) is 37.5. The number of allylic oxidation sites excluding steroid dienone is 6. The van der Waals surface area contributed by atoms with Crippen LogP contribution in [0.4, 0.5) is 0 Å². The molecule has 0 saturated heterocycles. The van der Waals surface area contributed by atoms with Gasteiger partial charge in [-0.25, -0.2) is 4.70 Å². The van der Waals surface area contributed by atoms with Gasteiger partial charge in [0.2, 0.25) is 11.4 Å². The van der Waals surface area contributed by atoms with Gasteiger partial charge in [-0.1, -0.05) is 161 Å². The van der Waals surface area contributed by atoms with Crippen LogP contribution in [0.3, 0.4) is 0 Å². The van der Waals surface area contributed by atoms with Gasteiger partial charge in [-0.15, -0.1) is 0 Å². The van der Waals surface area contributed by atoms with Gasteiger partial charge in [-0.3, -0.25) is 0 Å². The van der Waals surface area contributed by atoms with E-state index in [2.05, 4.69) is 127 Å². The first-order valence-corrected chi connectivity index (χ1v) is 22.9. The standard InChI is InChI=1S/C53H78N2.Ni/c1-7-13-19-23-28-32-44-38-45(33-29-24-20-14-8-2)41-48(40-44)52-50(36-18-12-6)51(37-27-17-11-5)53(55(52)54)49-42-46(34-30-25-21-15-9-3)39-47(43-49)35-31-26-22-16-10-4;/h28-35,38-43H,7-27,36-37H2,1-6H3;. The maximum Gasteiger partial charge on any atom is 0.211 e. The monoisotopic (exact) mass is 801 g/mol. The normalized spacial score (nSPS) is 13.6. The van der Waals surface area contributed by atoms with E-state index in [0.29, 0.717) is 0 Å². The van der Waals surface area contributed by atoms with Gasteiger partial charge in [0.15, 0.2) is 0 Å². The first-order chi connectivity index (χ1) is 27.0. The third kappa shape index (κ3) is 17.2. The molecule has 0 fully saturated rings. The molecule has 3 heteroatoms. The van der Waals surface area contributed by atoms with Crippen molar-refractivity contribution >= 4 is 35.7 Å². The van der Waals surface area contributed by atoms with E-state index in [1.807, 2.05) is 0 Å². The molecule has 0 amide bonds. The van der Waals surface area contributed by atoms with Crippen molar-refractivity contribution in [2.45, 2.75) is 189 Å². The van der Waals surface area contributed by atoms with Crippen molar-refractivity contribution in [1.29, 1.82) is 0 Å². The fourth-order valence-electron chi connectivity index (χ4n) is 7.63. The van der Waals surface area contributed by atoms with Crippen molar-refractivity contribution in [1.82, 2.24) is 0 Å². The Balaban J connectivity index is 0.0000108. The van der Waals surface area contributed by atoms with Crippen LogP contribution in [0.15, 0.2) is 71.8 Å². The Labute approximate surface area is 355 Å². The minimum Gasteiger partial charge on any atom is -0.493 e. The Bertz CT molecular complexity index is 1540. The van der Waals surface area contributed by atoms with Crippen LogP contribution in [0, 0.1) is 0 Å². The Morgan fingerprint density at radius 2 is 0.679 bits per heavy atom. The quantitative estimate of drug-likeness (QED) is 0.0445. The molecule has 0 aliphatic carbocycles. The Morgan fingerprint density at radius 1 is 0.393 bits per heavy atom. The third-order valence-corrected chi connectivity index (χ3v) is 10.8. The zero-order valence-electron chi connectivity index (χ0n) is 36.6. The molecule has 1 aliphatic rings. The van der Waals surface area contributed by atoms with Crippen LogP contribution in [0.5, 0.6) is 0 Å². The topological polar surface area (TPSA) is 25.3 Å². The number of benzene rings is 2. The summed E-state index contributed by atoms with van der Waals surface area (Å²) in [7, 11) is 0. The first-order valence-electron chi connectivity index (χ1n) is 22.9. The molecule has 2 aromatic rings. The number of nitrogens with zero attached hydrogens (tertiary/aromatic N) is 2. The van der Waals surface area contributed by atoms with E-state index in [4.69, 9.17) is 0 Å². The molecular formula is C53H78N2Ni. The summed E-state index contributed by atoms with van der Waals surface area (Å²) in [5, 5.41) is 0. The Hall–Kier alpha value is -3.03. The summed E-state index contributed by atoms with van der Waals surface area (Å²) in [4.78, 5) is 0. The summed E-state index contributed by atoms with van der Waals surface area (Å²) in [6, 6.07) is 13.9. The molecular weight excluding hydrogens is 723 g/mol. The smallest absolute Gasteiger partial charge is 0.211 e. The number of unbranched alkanes of at least 4 members (excludes halogenated alkanes) is 15. The van der Waals surface area contributed by atoms with Gasteiger partial charge < -0.3 is 5.53 Å². The molecule has 1 heterocycles. The molecule has 3 rings (SSSR count). The van der Waals surface area contributed by atoms with Gasteiger partial charge in [0.1, 0.15) is 0 Å². The average molecular weight is 802 g/mol. The molecule has 2 aromatic carbocycles. The molecule has 0 aromatic heterocycles. The summed E-state index contributed by atoms with van der Waals surface area (Å²) < 4.78 is 1.60. The van der Waals surface area contributed by atoms with Crippen LogP contribution in [0.2, 0.25) is 0 Å². The maximum absolute atomic E-state index is 12.7. The van der Waals surface area contributed by atoms with Crippen molar-refractivity contribution in [2.75, 3.05) is 0 Å². The SMILES string of the molecule is CCCCCC=Cc1cc(C=CCCCCC)cc(C2=C(CCCC)C(CCCCC)=C(c3cc(C=CCCCCC)cc(C=CCCCCC)c3)[N+]2=[N-])c1.[Ni]. The van der Waals surface area contributed by atoms with E-state index in [1.54, 1.807) is 4.70 Å². The predicted molar refractivity (Wildman–Crippen MR) is 247 cm³/mol. The first kappa shape index (κ1) is 49.1. The molecule has 56 heavy (non-hydrogen) atoms. The number of hydrogen-bond acceptors (Lipinski definition) is 0. The molecule has 1 aliphatic heterocycles. The van der Waals surface area contributed by atoms with Crippen LogP contribution < -0.4 is 0 Å². The van der Waals surface area contributed by atoms with E-state index < -0.39 is 0 Å².